The maximum atomic E-state index is 12.2. The van der Waals surface area contributed by atoms with Gasteiger partial charge >= 0.3 is 0 Å². The highest BCUT2D eigenvalue weighted by Gasteiger charge is 2.46. The van der Waals surface area contributed by atoms with Crippen LogP contribution >= 0.6 is 20.7 Å². The van der Waals surface area contributed by atoms with Gasteiger partial charge in [-0.1, -0.05) is 54.6 Å². The molecule has 0 aliphatic carbocycles. The van der Waals surface area contributed by atoms with E-state index < -0.39 is 32.6 Å². The maximum absolute atomic E-state index is 12.2. The van der Waals surface area contributed by atoms with Crippen LogP contribution in [0, 0.1) is 11.3 Å². The third kappa shape index (κ3) is 9.10. The van der Waals surface area contributed by atoms with Gasteiger partial charge in [0.05, 0.1) is 46.0 Å². The first-order chi connectivity index (χ1) is 25.1. The summed E-state index contributed by atoms with van der Waals surface area (Å²) in [6.45, 7) is 9.22. The van der Waals surface area contributed by atoms with Gasteiger partial charge in [0.1, 0.15) is 29.4 Å². The van der Waals surface area contributed by atoms with Gasteiger partial charge in [0, 0.05) is 31.5 Å². The van der Waals surface area contributed by atoms with Crippen LogP contribution in [0.3, 0.4) is 0 Å². The number of hydrogen-bond donors (Lipinski definition) is 1. The molecule has 2 saturated heterocycles. The number of methoxy groups -OCH3 is 2. The summed E-state index contributed by atoms with van der Waals surface area (Å²) < 4.78 is 40.6. The van der Waals surface area contributed by atoms with Crippen LogP contribution in [0.4, 0.5) is 0 Å². The Morgan fingerprint density at radius 1 is 0.962 bits per heavy atom. The van der Waals surface area contributed by atoms with Crippen molar-refractivity contribution < 1.29 is 32.8 Å². The molecule has 3 aromatic rings. The molecule has 5 rings (SSSR count). The number of thiocarbonyl (C=S) groups is 1. The summed E-state index contributed by atoms with van der Waals surface area (Å²) in [5.41, 5.74) is 1.63. The van der Waals surface area contributed by atoms with E-state index in [0.29, 0.717) is 24.5 Å². The normalized spacial score (nSPS) is 19.9. The number of benzene rings is 3. The van der Waals surface area contributed by atoms with Crippen molar-refractivity contribution in [2.24, 2.45) is 0 Å². The Hall–Kier alpha value is -3.66. The first-order valence-corrected chi connectivity index (χ1v) is 19.1. The lowest BCUT2D eigenvalue weighted by atomic mass is 9.80. The zero-order valence-corrected chi connectivity index (χ0v) is 32.4. The molecule has 4 atom stereocenters. The van der Waals surface area contributed by atoms with Gasteiger partial charge in [-0.05, 0) is 80.9 Å². The largest absolute Gasteiger partial charge is 0.497 e. The summed E-state index contributed by atoms with van der Waals surface area (Å²) >= 11 is 5.60. The molecule has 2 fully saturated rings. The Kier molecular flexibility index (Phi) is 14.0. The van der Waals surface area contributed by atoms with E-state index in [2.05, 4.69) is 55.9 Å². The molecular weight excluding hydrogens is 699 g/mol. The molecule has 13 heteroatoms. The van der Waals surface area contributed by atoms with Crippen molar-refractivity contribution in [3.63, 3.8) is 0 Å². The van der Waals surface area contributed by atoms with Crippen LogP contribution in [0.15, 0.2) is 78.9 Å². The Morgan fingerprint density at radius 3 is 2.06 bits per heavy atom. The van der Waals surface area contributed by atoms with E-state index in [0.717, 1.165) is 28.2 Å². The fourth-order valence-corrected chi connectivity index (χ4v) is 8.78. The number of hydrogen-bond acceptors (Lipinski definition) is 10. The van der Waals surface area contributed by atoms with E-state index in [1.165, 1.54) is 0 Å². The number of carbonyl (C=O) groups is 1. The van der Waals surface area contributed by atoms with Crippen molar-refractivity contribution in [1.82, 2.24) is 14.9 Å². The van der Waals surface area contributed by atoms with Gasteiger partial charge < -0.3 is 38.2 Å². The van der Waals surface area contributed by atoms with Gasteiger partial charge in [-0.3, -0.25) is 4.79 Å². The minimum absolute atomic E-state index is 0.113. The highest BCUT2D eigenvalue weighted by atomic mass is 32.1. The predicted octanol–water partition coefficient (Wildman–Crippen LogP) is 6.90. The molecule has 11 nitrogen and oxygen atoms in total. The SMILES string of the molecule is COc1ccc(C(OC[C@H]2O[C@@H](N3CCC(=O)NC3=S)C[C@@H]2OP(OCCC#N)N(C(C)C)C(C)C)(c2ccccc2)c2ccc(OC)cc2)cc1. The fourth-order valence-electron chi connectivity index (χ4n) is 6.70. The van der Waals surface area contributed by atoms with Crippen molar-refractivity contribution >= 4 is 31.8 Å². The lowest BCUT2D eigenvalue weighted by molar-refractivity contribution is -0.123. The molecule has 0 aromatic heterocycles. The Morgan fingerprint density at radius 2 is 1.54 bits per heavy atom. The summed E-state index contributed by atoms with van der Waals surface area (Å²) in [6, 6.07) is 28.3. The van der Waals surface area contributed by atoms with Gasteiger partial charge in [0.2, 0.25) is 5.91 Å². The summed E-state index contributed by atoms with van der Waals surface area (Å²) in [5.74, 6) is 1.34. The summed E-state index contributed by atoms with van der Waals surface area (Å²) in [6.07, 6.45) is -0.500. The van der Waals surface area contributed by atoms with Crippen molar-refractivity contribution in [3.05, 3.63) is 95.6 Å². The second-order valence-electron chi connectivity index (χ2n) is 13.2. The molecule has 0 radical (unpaired) electrons. The molecule has 278 valence electrons. The summed E-state index contributed by atoms with van der Waals surface area (Å²) in [5, 5.41) is 12.4. The van der Waals surface area contributed by atoms with E-state index in [1.54, 1.807) is 14.2 Å². The fraction of sp³-hybridized carbons (Fsp3) is 0.462. The van der Waals surface area contributed by atoms with E-state index in [1.807, 2.05) is 71.6 Å². The third-order valence-corrected chi connectivity index (χ3v) is 11.6. The Labute approximate surface area is 314 Å². The van der Waals surface area contributed by atoms with Crippen LogP contribution in [0.25, 0.3) is 0 Å². The molecule has 1 N–H and O–H groups in total. The monoisotopic (exact) mass is 748 g/mol. The molecule has 2 heterocycles. The summed E-state index contributed by atoms with van der Waals surface area (Å²) in [4.78, 5) is 14.1. The molecule has 2 aliphatic rings. The predicted molar refractivity (Wildman–Crippen MR) is 204 cm³/mol. The average molecular weight is 749 g/mol. The first kappa shape index (κ1) is 39.5. The number of nitrogens with one attached hydrogen (secondary N) is 1. The van der Waals surface area contributed by atoms with Crippen molar-refractivity contribution in [2.75, 3.05) is 34.0 Å². The molecule has 1 amide bonds. The topological polar surface area (TPSA) is 115 Å². The molecule has 0 saturated carbocycles. The molecule has 52 heavy (non-hydrogen) atoms. The van der Waals surface area contributed by atoms with E-state index in [4.69, 9.17) is 40.2 Å². The Bertz CT molecular complexity index is 1600. The maximum Gasteiger partial charge on any atom is 0.259 e. The third-order valence-electron chi connectivity index (χ3n) is 9.14. The zero-order chi connectivity index (χ0) is 37.3. The van der Waals surface area contributed by atoms with Gasteiger partial charge in [-0.25, -0.2) is 4.67 Å². The summed E-state index contributed by atoms with van der Waals surface area (Å²) in [7, 11) is 1.70. The number of amides is 1. The quantitative estimate of drug-likeness (QED) is 0.0674. The highest BCUT2D eigenvalue weighted by molar-refractivity contribution is 7.80. The van der Waals surface area contributed by atoms with Crippen LogP contribution in [0.2, 0.25) is 0 Å². The lowest BCUT2D eigenvalue weighted by Crippen LogP contribution is -2.53. The number of carbonyl (C=O) groups excluding carboxylic acids is 1. The van der Waals surface area contributed by atoms with Crippen molar-refractivity contribution in [3.8, 4) is 17.6 Å². The number of ether oxygens (including phenoxy) is 4. The van der Waals surface area contributed by atoms with E-state index in [9.17, 15) is 10.1 Å². The van der Waals surface area contributed by atoms with Gasteiger partial charge in [-0.2, -0.15) is 5.26 Å². The number of nitrogens with zero attached hydrogens (tertiary/aromatic N) is 3. The van der Waals surface area contributed by atoms with Crippen LogP contribution in [0.5, 0.6) is 11.5 Å². The molecule has 1 unspecified atom stereocenters. The smallest absolute Gasteiger partial charge is 0.259 e. The van der Waals surface area contributed by atoms with Gasteiger partial charge in [0.25, 0.3) is 8.53 Å². The standard InChI is InChI=1S/C39H49N4O7PS/c1-27(2)43(28(3)4)51(48-24-10-22-40)50-34-25-37(42-23-21-36(44)41-38(42)52)49-35(34)26-47-39(29-11-8-7-9-12-29,30-13-17-32(45-5)18-14-30)31-15-19-33(46-6)20-16-31/h7-9,11-20,27-28,34-35,37H,10,21,23-26H2,1-6H3,(H,41,44,52)/t34-,35+,37+,51?/m0/s1. The van der Waals surface area contributed by atoms with Crippen molar-refractivity contribution in [2.45, 2.75) is 83.1 Å². The average Bonchev–Trinajstić information content (AvgIpc) is 3.54. The zero-order valence-electron chi connectivity index (χ0n) is 30.7. The van der Waals surface area contributed by atoms with E-state index in [-0.39, 0.29) is 37.6 Å². The van der Waals surface area contributed by atoms with Gasteiger partial charge in [0.15, 0.2) is 5.11 Å². The highest BCUT2D eigenvalue weighted by Crippen LogP contribution is 2.50. The molecule has 0 spiro atoms. The Balaban J connectivity index is 1.56. The molecule has 0 bridgehead atoms. The van der Waals surface area contributed by atoms with Crippen molar-refractivity contribution in [1.29, 1.82) is 5.26 Å². The minimum Gasteiger partial charge on any atom is -0.497 e. The second-order valence-corrected chi connectivity index (χ2v) is 15.0. The second kappa shape index (κ2) is 18.4. The molecular formula is C39H49N4O7PS. The minimum atomic E-state index is -1.59. The molecule has 2 aliphatic heterocycles. The molecule has 3 aromatic carbocycles. The van der Waals surface area contributed by atoms with Crippen LogP contribution < -0.4 is 14.8 Å². The lowest BCUT2D eigenvalue weighted by Gasteiger charge is -2.39. The van der Waals surface area contributed by atoms with Gasteiger partial charge in [-0.15, -0.1) is 0 Å². The van der Waals surface area contributed by atoms with E-state index >= 15 is 0 Å². The van der Waals surface area contributed by atoms with Crippen LogP contribution in [0.1, 0.15) is 63.6 Å². The van der Waals surface area contributed by atoms with Crippen LogP contribution in [-0.4, -0.2) is 85.1 Å². The first-order valence-electron chi connectivity index (χ1n) is 17.6. The van der Waals surface area contributed by atoms with Crippen LogP contribution in [-0.2, 0) is 28.9 Å². The number of rotatable bonds is 17. The number of nitriles is 1.